The van der Waals surface area contributed by atoms with Crippen molar-refractivity contribution in [2.45, 2.75) is 312 Å². The minimum Gasteiger partial charge on any atom is -0.394 e. The largest absolute Gasteiger partial charge is 0.394 e. The van der Waals surface area contributed by atoms with E-state index in [4.69, 9.17) is 18.9 Å². The van der Waals surface area contributed by atoms with Gasteiger partial charge in [-0.1, -0.05) is 222 Å². The second-order valence-corrected chi connectivity index (χ2v) is 22.2. The zero-order chi connectivity index (χ0) is 57.4. The summed E-state index contributed by atoms with van der Waals surface area (Å²) in [5.74, 6) is -0.267. The number of nitrogens with one attached hydrogen (secondary N) is 1. The summed E-state index contributed by atoms with van der Waals surface area (Å²) >= 11 is 0. The summed E-state index contributed by atoms with van der Waals surface area (Å²) in [5.41, 5.74) is 0. The number of allylic oxidation sites excluding steroid dienone is 11. The van der Waals surface area contributed by atoms with Crippen LogP contribution in [0.1, 0.15) is 239 Å². The lowest BCUT2D eigenvalue weighted by molar-refractivity contribution is -0.359. The van der Waals surface area contributed by atoms with Gasteiger partial charge < -0.3 is 65.1 Å². The highest BCUT2D eigenvalue weighted by Gasteiger charge is 2.51. The van der Waals surface area contributed by atoms with Crippen LogP contribution in [0.2, 0.25) is 0 Å². The molecule has 0 aromatic carbocycles. The molecule has 2 heterocycles. The molecule has 79 heavy (non-hydrogen) atoms. The molecular formula is C65H115NO13. The van der Waals surface area contributed by atoms with Gasteiger partial charge in [-0.25, -0.2) is 0 Å². The molecule has 12 unspecified atom stereocenters. The molecule has 14 nitrogen and oxygen atoms in total. The highest BCUT2D eigenvalue weighted by atomic mass is 16.7. The van der Waals surface area contributed by atoms with Crippen LogP contribution in [0.25, 0.3) is 0 Å². The number of aliphatic hydroxyl groups excluding tert-OH is 8. The van der Waals surface area contributed by atoms with Gasteiger partial charge in [0.15, 0.2) is 12.6 Å². The minimum atomic E-state index is -1.80. The van der Waals surface area contributed by atoms with Gasteiger partial charge in [0.25, 0.3) is 0 Å². The third-order valence-electron chi connectivity index (χ3n) is 15.1. The average Bonchev–Trinajstić information content (AvgIpc) is 3.47. The summed E-state index contributed by atoms with van der Waals surface area (Å²) in [6, 6.07) is -0.950. The van der Waals surface area contributed by atoms with E-state index in [1.54, 1.807) is 6.08 Å². The van der Waals surface area contributed by atoms with Crippen molar-refractivity contribution < 1.29 is 64.6 Å². The summed E-state index contributed by atoms with van der Waals surface area (Å²) in [7, 11) is 0. The van der Waals surface area contributed by atoms with Crippen LogP contribution < -0.4 is 5.32 Å². The first-order valence-corrected chi connectivity index (χ1v) is 31.7. The van der Waals surface area contributed by atoms with Gasteiger partial charge in [0, 0.05) is 6.42 Å². The van der Waals surface area contributed by atoms with Gasteiger partial charge in [0.2, 0.25) is 5.91 Å². The topological polar surface area (TPSA) is 228 Å². The molecule has 0 saturated carbocycles. The fraction of sp³-hybridized carbons (Fsp3) is 0.800. The fourth-order valence-electron chi connectivity index (χ4n) is 9.98. The Hall–Kier alpha value is -2.57. The number of amides is 1. The third kappa shape index (κ3) is 35.2. The maximum atomic E-state index is 13.3. The second-order valence-electron chi connectivity index (χ2n) is 22.2. The van der Waals surface area contributed by atoms with E-state index in [2.05, 4.69) is 79.9 Å². The number of hydrogen-bond donors (Lipinski definition) is 9. The van der Waals surface area contributed by atoms with Crippen LogP contribution >= 0.6 is 0 Å². The predicted octanol–water partition coefficient (Wildman–Crippen LogP) is 11.5. The van der Waals surface area contributed by atoms with Gasteiger partial charge in [-0.15, -0.1) is 0 Å². The summed E-state index contributed by atoms with van der Waals surface area (Å²) < 4.78 is 22.8. The van der Waals surface area contributed by atoms with E-state index in [1.165, 1.54) is 128 Å². The Morgan fingerprint density at radius 2 is 0.848 bits per heavy atom. The lowest BCUT2D eigenvalue weighted by atomic mass is 9.97. The summed E-state index contributed by atoms with van der Waals surface area (Å²) in [6.45, 7) is 2.76. The van der Waals surface area contributed by atoms with Gasteiger partial charge >= 0.3 is 0 Å². The van der Waals surface area contributed by atoms with Crippen molar-refractivity contribution in [3.63, 3.8) is 0 Å². The van der Waals surface area contributed by atoms with Gasteiger partial charge in [0.05, 0.1) is 32.0 Å². The first-order chi connectivity index (χ1) is 38.6. The van der Waals surface area contributed by atoms with E-state index >= 15 is 0 Å². The van der Waals surface area contributed by atoms with Crippen molar-refractivity contribution in [3.8, 4) is 0 Å². The highest BCUT2D eigenvalue weighted by Crippen LogP contribution is 2.30. The first kappa shape index (κ1) is 72.5. The fourth-order valence-corrected chi connectivity index (χ4v) is 9.98. The maximum Gasteiger partial charge on any atom is 0.220 e. The van der Waals surface area contributed by atoms with Crippen LogP contribution in [-0.4, -0.2) is 140 Å². The van der Waals surface area contributed by atoms with Gasteiger partial charge in [-0.2, -0.15) is 0 Å². The number of unbranched alkanes of at least 4 members (excludes halogenated alkanes) is 27. The number of carbonyl (C=O) groups excluding carboxylic acids is 1. The Labute approximate surface area is 478 Å². The molecule has 2 saturated heterocycles. The summed E-state index contributed by atoms with van der Waals surface area (Å²) in [5, 5.41) is 87.2. The van der Waals surface area contributed by atoms with Crippen molar-refractivity contribution >= 4 is 5.91 Å². The molecular weight excluding hydrogens is 1000 g/mol. The number of rotatable bonds is 50. The number of hydrogen-bond acceptors (Lipinski definition) is 13. The first-order valence-electron chi connectivity index (χ1n) is 31.7. The molecule has 0 aromatic heterocycles. The molecule has 0 aromatic rings. The van der Waals surface area contributed by atoms with Gasteiger partial charge in [-0.05, 0) is 83.5 Å². The Balaban J connectivity index is 1.78. The van der Waals surface area contributed by atoms with Crippen molar-refractivity contribution in [1.82, 2.24) is 5.32 Å². The Morgan fingerprint density at radius 3 is 1.33 bits per heavy atom. The van der Waals surface area contributed by atoms with E-state index in [0.29, 0.717) is 12.8 Å². The molecule has 0 bridgehead atoms. The molecule has 1 amide bonds. The molecule has 9 N–H and O–H groups in total. The zero-order valence-corrected chi connectivity index (χ0v) is 49.3. The minimum absolute atomic E-state index is 0.252. The van der Waals surface area contributed by atoms with Gasteiger partial charge in [0.1, 0.15) is 48.8 Å². The predicted molar refractivity (Wildman–Crippen MR) is 318 cm³/mol. The van der Waals surface area contributed by atoms with E-state index in [9.17, 15) is 45.6 Å². The van der Waals surface area contributed by atoms with Gasteiger partial charge in [-0.3, -0.25) is 4.79 Å². The molecule has 2 aliphatic rings. The molecule has 0 aliphatic carbocycles. The lowest BCUT2D eigenvalue weighted by Crippen LogP contribution is -2.65. The highest BCUT2D eigenvalue weighted by molar-refractivity contribution is 5.76. The van der Waals surface area contributed by atoms with E-state index in [1.807, 2.05) is 6.08 Å². The van der Waals surface area contributed by atoms with E-state index < -0.39 is 86.8 Å². The molecule has 0 radical (unpaired) electrons. The maximum absolute atomic E-state index is 13.3. The quantitative estimate of drug-likeness (QED) is 0.0204. The zero-order valence-electron chi connectivity index (χ0n) is 49.3. The third-order valence-corrected chi connectivity index (χ3v) is 15.1. The molecule has 2 fully saturated rings. The molecule has 12 atom stereocenters. The van der Waals surface area contributed by atoms with Crippen molar-refractivity contribution in [1.29, 1.82) is 0 Å². The van der Waals surface area contributed by atoms with Crippen LogP contribution in [0.4, 0.5) is 0 Å². The summed E-state index contributed by atoms with van der Waals surface area (Å²) in [6.07, 6.45) is 49.4. The SMILES string of the molecule is CCCCCCC/C=C\C/C=C\C/C=C\CCCCCCCCC(=O)NC(COC1OC(CO)C(OC2OC(CO)C(O)C(O)C2O)C(O)C1O)C(O)/C=C/CC/C=C/CC/C=C/CCCCCCCCCCCCCCCC. The Bertz CT molecular complexity index is 1600. The van der Waals surface area contributed by atoms with Crippen molar-refractivity contribution in [3.05, 3.63) is 72.9 Å². The normalized spacial score (nSPS) is 24.9. The Kier molecular flexibility index (Phi) is 45.9. The molecule has 2 aliphatic heterocycles. The monoisotopic (exact) mass is 1120 g/mol. The molecule has 458 valence electrons. The standard InChI is InChI=1S/C65H115NO13/c1-3-5-7-9-11-13-15-17-19-21-23-25-26-27-29-30-32-34-36-38-40-42-44-46-48-54(69)53(52-76-64-62(75)60(73)63(56(51-68)78-64)79-65-61(74)59(72)58(71)55(50-67)77-65)66-57(70)49-47-45-43-41-39-37-35-33-31-28-24-22-20-18-16-14-12-10-8-6-4-2/h16,18,22,24,30-33,38,40,46,48,53-56,58-65,67-69,71-75H,3-15,17,19-21,23,25-29,34-37,39,41-45,47,49-52H2,1-2H3,(H,66,70)/b18-16-,24-22-,32-30+,33-31-,40-38+,48-46+. The number of carbonyl (C=O) groups is 1. The number of aliphatic hydroxyl groups is 8. The van der Waals surface area contributed by atoms with Crippen LogP contribution in [0, 0.1) is 0 Å². The van der Waals surface area contributed by atoms with Crippen LogP contribution in [0.5, 0.6) is 0 Å². The van der Waals surface area contributed by atoms with Crippen LogP contribution in [-0.2, 0) is 23.7 Å². The molecule has 2 rings (SSSR count). The molecule has 14 heteroatoms. The average molecular weight is 1120 g/mol. The van der Waals surface area contributed by atoms with E-state index in [0.717, 1.165) is 77.0 Å². The van der Waals surface area contributed by atoms with Crippen molar-refractivity contribution in [2.75, 3.05) is 19.8 Å². The van der Waals surface area contributed by atoms with E-state index in [-0.39, 0.29) is 18.9 Å². The van der Waals surface area contributed by atoms with Crippen LogP contribution in [0.3, 0.4) is 0 Å². The number of ether oxygens (including phenoxy) is 4. The second kappa shape index (κ2) is 50.0. The summed E-state index contributed by atoms with van der Waals surface area (Å²) in [4.78, 5) is 13.3. The lowest BCUT2D eigenvalue weighted by Gasteiger charge is -2.46. The van der Waals surface area contributed by atoms with Crippen LogP contribution in [0.15, 0.2) is 72.9 Å². The Morgan fingerprint density at radius 1 is 0.456 bits per heavy atom. The smallest absolute Gasteiger partial charge is 0.220 e. The molecule has 0 spiro atoms. The van der Waals surface area contributed by atoms with Crippen molar-refractivity contribution in [2.24, 2.45) is 0 Å².